The average Bonchev–Trinajstić information content (AvgIpc) is 4.26. The highest BCUT2D eigenvalue weighted by molar-refractivity contribution is 5.97. The lowest BCUT2D eigenvalue weighted by atomic mass is 9.88. The molecular formula is C57H69ClN10O5. The lowest BCUT2D eigenvalue weighted by Gasteiger charge is -2.32. The van der Waals surface area contributed by atoms with Gasteiger partial charge in [-0.1, -0.05) is 43.8 Å². The number of aryl methyl sites for hydroxylation is 4. The van der Waals surface area contributed by atoms with E-state index in [9.17, 15) is 14.7 Å². The highest BCUT2D eigenvalue weighted by Gasteiger charge is 2.27. The van der Waals surface area contributed by atoms with Crippen LogP contribution in [0, 0.1) is 62.2 Å². The first kappa shape index (κ1) is 55.6. The number of benzene rings is 4. The number of hydrogen-bond donors (Lipinski definition) is 4. The number of piperidine rings is 2. The first-order chi connectivity index (χ1) is 34.5. The van der Waals surface area contributed by atoms with Crippen molar-refractivity contribution in [3.05, 3.63) is 140 Å². The molecule has 6 heterocycles. The Bertz CT molecular complexity index is 2860. The van der Waals surface area contributed by atoms with E-state index < -0.39 is 5.97 Å². The molecule has 4 fully saturated rings. The fraction of sp³-hybridized carbons (Fsp3) is 0.439. The van der Waals surface area contributed by atoms with Gasteiger partial charge in [-0.15, -0.1) is 12.4 Å². The number of carboxylic acids is 1. The van der Waals surface area contributed by atoms with E-state index in [0.717, 1.165) is 147 Å². The Kier molecular flexibility index (Phi) is 20.0. The summed E-state index contributed by atoms with van der Waals surface area (Å²) in [7, 11) is 0. The van der Waals surface area contributed by atoms with Gasteiger partial charge in [0, 0.05) is 69.0 Å². The Morgan fingerprint density at radius 2 is 1.08 bits per heavy atom. The molecule has 4 aliphatic heterocycles. The van der Waals surface area contributed by atoms with Gasteiger partial charge < -0.3 is 24.8 Å². The highest BCUT2D eigenvalue weighted by atomic mass is 35.5. The molecule has 4 aliphatic rings. The molecule has 4 N–H and O–H groups in total. The third-order valence-electron chi connectivity index (χ3n) is 14.3. The molecule has 4 aromatic carbocycles. The lowest BCUT2D eigenvalue weighted by Crippen LogP contribution is -2.38. The molecule has 2 aromatic heterocycles. The maximum atomic E-state index is 13.5. The number of nitriles is 2. The van der Waals surface area contributed by atoms with Gasteiger partial charge >= 0.3 is 5.97 Å². The number of likely N-dealkylation sites (tertiary alicyclic amines) is 1. The number of hydrogen-bond acceptors (Lipinski definition) is 11. The number of amides is 1. The number of ether oxygens (including phenoxy) is 2. The molecule has 6 aromatic rings. The van der Waals surface area contributed by atoms with Crippen LogP contribution in [-0.2, 0) is 22.3 Å². The standard InChI is InChI=1S/C28H31N5O2.C16H19N3O3.C12H14N2.CH4.ClH/c1-18-13-19(2)25(15-24(18)27-30-26(31-32-27)14-21-9-12-35-17-21)28(34)33-10-7-23(8-11-33)22-5-3-20(16-29)4-6-22;1-9-5-10(2)13(16(20)21)7-12(9)15-17-14(18-19-15)6-11-3-4-22-8-11;13-9-10-1-3-11(4-2-10)12-5-7-14-8-6-12;;/h3-6,13,15,21,23H,7-12,14,17H2,1-2H3,(H,30,31,32);5,7,11H,3-4,6,8H2,1-2H3,(H,20,21)(H,17,18,19);1-4,12,14H,5-8H2;1H4;1H. The van der Waals surface area contributed by atoms with Crippen molar-refractivity contribution >= 4 is 24.3 Å². The van der Waals surface area contributed by atoms with Crippen LogP contribution in [0.5, 0.6) is 0 Å². The van der Waals surface area contributed by atoms with E-state index in [4.69, 9.17) is 25.0 Å². The van der Waals surface area contributed by atoms with Crippen LogP contribution in [0.2, 0.25) is 0 Å². The molecule has 2 atom stereocenters. The zero-order valence-corrected chi connectivity index (χ0v) is 42.5. The van der Waals surface area contributed by atoms with Gasteiger partial charge in [0.1, 0.15) is 11.6 Å². The molecule has 16 heteroatoms. The quantitative estimate of drug-likeness (QED) is 0.101. The van der Waals surface area contributed by atoms with Gasteiger partial charge in [-0.2, -0.15) is 20.7 Å². The van der Waals surface area contributed by atoms with E-state index in [1.165, 1.54) is 24.0 Å². The summed E-state index contributed by atoms with van der Waals surface area (Å²) >= 11 is 0. The van der Waals surface area contributed by atoms with Crippen LogP contribution in [0.4, 0.5) is 0 Å². The van der Waals surface area contributed by atoms with Crippen molar-refractivity contribution in [3.63, 3.8) is 0 Å². The smallest absolute Gasteiger partial charge is 0.335 e. The Labute approximate surface area is 435 Å². The van der Waals surface area contributed by atoms with Crippen molar-refractivity contribution in [2.24, 2.45) is 11.8 Å². The third kappa shape index (κ3) is 14.3. The van der Waals surface area contributed by atoms with Gasteiger partial charge in [-0.05, 0) is 173 Å². The zero-order valence-electron chi connectivity index (χ0n) is 41.7. The zero-order chi connectivity index (χ0) is 49.9. The summed E-state index contributed by atoms with van der Waals surface area (Å²) in [4.78, 5) is 36.0. The number of aromatic nitrogens is 6. The van der Waals surface area contributed by atoms with Crippen molar-refractivity contribution in [1.29, 1.82) is 10.5 Å². The first-order valence-corrected chi connectivity index (χ1v) is 24.9. The summed E-state index contributed by atoms with van der Waals surface area (Å²) in [5.41, 5.74) is 10.5. The molecule has 73 heavy (non-hydrogen) atoms. The third-order valence-corrected chi connectivity index (χ3v) is 14.3. The molecule has 0 bridgehead atoms. The highest BCUT2D eigenvalue weighted by Crippen LogP contribution is 2.32. The number of carbonyl (C=O) groups is 2. The number of H-pyrrole nitrogens is 2. The second-order valence-electron chi connectivity index (χ2n) is 19.4. The summed E-state index contributed by atoms with van der Waals surface area (Å²) < 4.78 is 10.8. The van der Waals surface area contributed by atoms with Crippen LogP contribution in [0.25, 0.3) is 22.8 Å². The van der Waals surface area contributed by atoms with E-state index in [-0.39, 0.29) is 31.3 Å². The number of carbonyl (C=O) groups excluding carboxylic acids is 1. The van der Waals surface area contributed by atoms with Crippen molar-refractivity contribution in [1.82, 2.24) is 40.6 Å². The number of nitrogens with one attached hydrogen (secondary N) is 3. The minimum absolute atomic E-state index is 0. The summed E-state index contributed by atoms with van der Waals surface area (Å²) in [5, 5.41) is 45.1. The first-order valence-electron chi connectivity index (χ1n) is 24.9. The predicted octanol–water partition coefficient (Wildman–Crippen LogP) is 10.0. The van der Waals surface area contributed by atoms with Crippen molar-refractivity contribution < 1.29 is 24.2 Å². The van der Waals surface area contributed by atoms with E-state index in [2.05, 4.69) is 61.0 Å². The van der Waals surface area contributed by atoms with Crippen molar-refractivity contribution in [3.8, 4) is 34.9 Å². The minimum Gasteiger partial charge on any atom is -0.478 e. The summed E-state index contributed by atoms with van der Waals surface area (Å²) in [6, 6.07) is 27.7. The molecular weight excluding hydrogens is 940 g/mol. The maximum absolute atomic E-state index is 13.5. The summed E-state index contributed by atoms with van der Waals surface area (Å²) in [5.74, 6) is 4.09. The molecule has 384 valence electrons. The van der Waals surface area contributed by atoms with Gasteiger partial charge in [-0.25, -0.2) is 14.8 Å². The summed E-state index contributed by atoms with van der Waals surface area (Å²) in [6.45, 7) is 14.6. The number of nitrogens with zero attached hydrogens (tertiary/aromatic N) is 7. The fourth-order valence-electron chi connectivity index (χ4n) is 10.1. The number of aromatic carboxylic acids is 1. The maximum Gasteiger partial charge on any atom is 0.335 e. The molecule has 10 rings (SSSR count). The fourth-order valence-corrected chi connectivity index (χ4v) is 10.1. The normalized spacial score (nSPS) is 17.6. The molecule has 2 unspecified atom stereocenters. The van der Waals surface area contributed by atoms with Crippen LogP contribution in [0.3, 0.4) is 0 Å². The Morgan fingerprint density at radius 3 is 1.51 bits per heavy atom. The Balaban J connectivity index is 0.000000195. The second kappa shape index (κ2) is 26.3. The van der Waals surface area contributed by atoms with E-state index in [1.807, 2.05) is 74.2 Å². The second-order valence-corrected chi connectivity index (χ2v) is 19.4. The SMILES string of the molecule is C.Cc1cc(C)c(-c2n[nH]c(CC3CCOC3)n2)cc1C(=O)N1CCC(c2ccc(C#N)cc2)CC1.Cc1cc(C)c(-c2n[nH]c(CC3CCOC3)n2)cc1C(=O)O.Cl.N#Cc1ccc(C2CCNCC2)cc1. The van der Waals surface area contributed by atoms with Gasteiger partial charge in [-0.3, -0.25) is 15.0 Å². The molecule has 0 saturated carbocycles. The van der Waals surface area contributed by atoms with E-state index in [1.54, 1.807) is 13.0 Å². The summed E-state index contributed by atoms with van der Waals surface area (Å²) in [6.07, 6.45) is 8.01. The van der Waals surface area contributed by atoms with Gasteiger partial charge in [0.05, 0.1) is 28.8 Å². The van der Waals surface area contributed by atoms with Crippen molar-refractivity contribution in [2.45, 2.75) is 98.3 Å². The van der Waals surface area contributed by atoms with E-state index >= 15 is 0 Å². The largest absolute Gasteiger partial charge is 0.478 e. The number of rotatable bonds is 10. The van der Waals surface area contributed by atoms with Crippen LogP contribution >= 0.6 is 12.4 Å². The molecule has 15 nitrogen and oxygen atoms in total. The van der Waals surface area contributed by atoms with Crippen LogP contribution in [-0.4, -0.2) is 105 Å². The molecule has 0 aliphatic carbocycles. The number of aromatic amines is 2. The Morgan fingerprint density at radius 1 is 0.644 bits per heavy atom. The average molecular weight is 1010 g/mol. The van der Waals surface area contributed by atoms with Gasteiger partial charge in [0.2, 0.25) is 0 Å². The lowest BCUT2D eigenvalue weighted by molar-refractivity contribution is 0.0692. The van der Waals surface area contributed by atoms with Crippen LogP contribution < -0.4 is 5.32 Å². The number of carboxylic acid groups (broad SMARTS) is 1. The molecule has 0 spiro atoms. The van der Waals surface area contributed by atoms with E-state index in [0.29, 0.717) is 40.9 Å². The molecule has 1 amide bonds. The van der Waals surface area contributed by atoms with Gasteiger partial charge in [0.25, 0.3) is 5.91 Å². The monoisotopic (exact) mass is 1010 g/mol. The predicted molar refractivity (Wildman–Crippen MR) is 284 cm³/mol. The Hall–Kier alpha value is -6.75. The van der Waals surface area contributed by atoms with Crippen LogP contribution in [0.1, 0.15) is 135 Å². The topological polar surface area (TPSA) is 219 Å². The molecule has 4 saturated heterocycles. The van der Waals surface area contributed by atoms with Crippen molar-refractivity contribution in [2.75, 3.05) is 52.6 Å². The molecule has 0 radical (unpaired) electrons. The number of halogens is 1. The van der Waals surface area contributed by atoms with Gasteiger partial charge in [0.15, 0.2) is 11.6 Å². The van der Waals surface area contributed by atoms with Crippen LogP contribution in [0.15, 0.2) is 72.8 Å². The minimum atomic E-state index is -0.933.